The molecule has 1 aromatic carbocycles. The maximum Gasteiger partial charge on any atom is 0.181 e. The molecule has 1 saturated heterocycles. The summed E-state index contributed by atoms with van der Waals surface area (Å²) in [5, 5.41) is 4.43. The molecule has 1 aliphatic heterocycles. The highest BCUT2D eigenvalue weighted by Gasteiger charge is 2.24. The van der Waals surface area contributed by atoms with Crippen molar-refractivity contribution in [3.8, 4) is 0 Å². The highest BCUT2D eigenvalue weighted by Crippen LogP contribution is 2.26. The third-order valence-electron chi connectivity index (χ3n) is 4.01. The van der Waals surface area contributed by atoms with E-state index < -0.39 is 0 Å². The van der Waals surface area contributed by atoms with E-state index in [1.54, 1.807) is 0 Å². The number of hydrogen-bond donors (Lipinski definition) is 2. The summed E-state index contributed by atoms with van der Waals surface area (Å²) in [6, 6.07) is 4.24. The molecule has 2 N–H and O–H groups in total. The van der Waals surface area contributed by atoms with Crippen molar-refractivity contribution in [2.45, 2.75) is 39.2 Å². The second-order valence-corrected chi connectivity index (χ2v) is 5.57. The lowest BCUT2D eigenvalue weighted by atomic mass is 9.94. The third-order valence-corrected chi connectivity index (χ3v) is 4.01. The molecule has 100 valence electrons. The second-order valence-electron chi connectivity index (χ2n) is 5.57. The molecule has 2 heterocycles. The van der Waals surface area contributed by atoms with E-state index in [4.69, 9.17) is 0 Å². The van der Waals surface area contributed by atoms with Gasteiger partial charge >= 0.3 is 0 Å². The SMILES string of the molecule is Cc1cc(C)c2c(C(=O)C3CCCCN3)c[nH]c2c1. The average molecular weight is 256 g/mol. The Kier molecular flexibility index (Phi) is 3.15. The largest absolute Gasteiger partial charge is 0.360 e. The molecule has 3 nitrogen and oxygen atoms in total. The smallest absolute Gasteiger partial charge is 0.181 e. The van der Waals surface area contributed by atoms with Gasteiger partial charge < -0.3 is 10.3 Å². The molecule has 0 radical (unpaired) electrons. The first-order chi connectivity index (χ1) is 9.16. The Balaban J connectivity index is 2.03. The molecule has 1 aliphatic rings. The summed E-state index contributed by atoms with van der Waals surface area (Å²) in [5.74, 6) is 0.234. The van der Waals surface area contributed by atoms with Crippen LogP contribution in [0.5, 0.6) is 0 Å². The van der Waals surface area contributed by atoms with Crippen molar-refractivity contribution >= 4 is 16.7 Å². The van der Waals surface area contributed by atoms with E-state index >= 15 is 0 Å². The fourth-order valence-electron chi connectivity index (χ4n) is 3.12. The quantitative estimate of drug-likeness (QED) is 0.811. The van der Waals surface area contributed by atoms with Crippen LogP contribution in [-0.4, -0.2) is 23.4 Å². The number of nitrogens with one attached hydrogen (secondary N) is 2. The number of aryl methyl sites for hydroxylation is 2. The highest BCUT2D eigenvalue weighted by atomic mass is 16.1. The summed E-state index contributed by atoms with van der Waals surface area (Å²) in [4.78, 5) is 15.9. The lowest BCUT2D eigenvalue weighted by molar-refractivity contribution is 0.0929. The summed E-state index contributed by atoms with van der Waals surface area (Å²) in [5.41, 5.74) is 4.31. The van der Waals surface area contributed by atoms with Crippen molar-refractivity contribution in [2.75, 3.05) is 6.54 Å². The number of H-pyrrole nitrogens is 1. The minimum atomic E-state index is -0.00606. The second kappa shape index (κ2) is 4.82. The van der Waals surface area contributed by atoms with Crippen LogP contribution in [0.1, 0.15) is 40.7 Å². The van der Waals surface area contributed by atoms with Crippen LogP contribution in [0.2, 0.25) is 0 Å². The summed E-state index contributed by atoms with van der Waals surface area (Å²) in [7, 11) is 0. The summed E-state index contributed by atoms with van der Waals surface area (Å²) >= 11 is 0. The molecule has 0 bridgehead atoms. The van der Waals surface area contributed by atoms with Crippen LogP contribution < -0.4 is 5.32 Å². The summed E-state index contributed by atoms with van der Waals surface area (Å²) in [6.45, 7) is 5.11. The normalized spacial score (nSPS) is 19.8. The highest BCUT2D eigenvalue weighted by molar-refractivity contribution is 6.11. The van der Waals surface area contributed by atoms with Gasteiger partial charge in [0.25, 0.3) is 0 Å². The molecule has 0 saturated carbocycles. The van der Waals surface area contributed by atoms with Crippen molar-refractivity contribution in [3.63, 3.8) is 0 Å². The van der Waals surface area contributed by atoms with Crippen LogP contribution in [0, 0.1) is 13.8 Å². The Morgan fingerprint density at radius 1 is 1.26 bits per heavy atom. The molecule has 1 fully saturated rings. The Morgan fingerprint density at radius 3 is 2.84 bits per heavy atom. The van der Waals surface area contributed by atoms with Crippen LogP contribution in [0.25, 0.3) is 10.9 Å². The minimum absolute atomic E-state index is 0.00606. The molecule has 1 unspecified atom stereocenters. The van der Waals surface area contributed by atoms with E-state index in [1.165, 1.54) is 17.5 Å². The van der Waals surface area contributed by atoms with Crippen molar-refractivity contribution in [1.29, 1.82) is 0 Å². The van der Waals surface area contributed by atoms with Gasteiger partial charge in [0.2, 0.25) is 0 Å². The zero-order valence-electron chi connectivity index (χ0n) is 11.5. The minimum Gasteiger partial charge on any atom is -0.360 e. The van der Waals surface area contributed by atoms with Gasteiger partial charge in [-0.05, 0) is 50.4 Å². The Bertz CT molecular complexity index is 621. The van der Waals surface area contributed by atoms with Gasteiger partial charge in [0.15, 0.2) is 5.78 Å². The average Bonchev–Trinajstić information content (AvgIpc) is 2.83. The number of Topliss-reactive ketones (excluding diaryl/α,β-unsaturated/α-hetero) is 1. The van der Waals surface area contributed by atoms with Gasteiger partial charge in [-0.3, -0.25) is 4.79 Å². The van der Waals surface area contributed by atoms with Gasteiger partial charge in [0, 0.05) is 22.7 Å². The lowest BCUT2D eigenvalue weighted by Crippen LogP contribution is -2.40. The van der Waals surface area contributed by atoms with Crippen LogP contribution in [-0.2, 0) is 0 Å². The Hall–Kier alpha value is -1.61. The number of benzene rings is 1. The van der Waals surface area contributed by atoms with Crippen molar-refractivity contribution in [3.05, 3.63) is 35.0 Å². The maximum atomic E-state index is 12.6. The molecule has 0 amide bonds. The van der Waals surface area contributed by atoms with Gasteiger partial charge in [-0.15, -0.1) is 0 Å². The molecule has 1 atom stereocenters. The molecule has 0 aliphatic carbocycles. The number of piperidine rings is 1. The van der Waals surface area contributed by atoms with Gasteiger partial charge in [-0.1, -0.05) is 12.5 Å². The predicted octanol–water partition coefficient (Wildman–Crippen LogP) is 3.11. The van der Waals surface area contributed by atoms with Gasteiger partial charge in [0.1, 0.15) is 0 Å². The van der Waals surface area contributed by atoms with E-state index in [2.05, 4.69) is 36.3 Å². The number of fused-ring (bicyclic) bond motifs is 1. The topological polar surface area (TPSA) is 44.9 Å². The van der Waals surface area contributed by atoms with Crippen molar-refractivity contribution in [2.24, 2.45) is 0 Å². The van der Waals surface area contributed by atoms with Gasteiger partial charge in [-0.25, -0.2) is 0 Å². The standard InChI is InChI=1S/C16H20N2O/c1-10-7-11(2)15-12(9-18-14(15)8-10)16(19)13-5-3-4-6-17-13/h7-9,13,17-18H,3-6H2,1-2H3. The van der Waals surface area contributed by atoms with Crippen molar-refractivity contribution < 1.29 is 4.79 Å². The van der Waals surface area contributed by atoms with E-state index in [9.17, 15) is 4.79 Å². The fraction of sp³-hybridized carbons (Fsp3) is 0.438. The fourth-order valence-corrected chi connectivity index (χ4v) is 3.12. The number of rotatable bonds is 2. The van der Waals surface area contributed by atoms with Crippen LogP contribution >= 0.6 is 0 Å². The monoisotopic (exact) mass is 256 g/mol. The number of aromatic amines is 1. The molecule has 19 heavy (non-hydrogen) atoms. The number of carbonyl (C=O) groups excluding carboxylic acids is 1. The van der Waals surface area contributed by atoms with E-state index in [0.717, 1.165) is 35.9 Å². The summed E-state index contributed by atoms with van der Waals surface area (Å²) < 4.78 is 0. The molecule has 3 heteroatoms. The van der Waals surface area contributed by atoms with Gasteiger partial charge in [0.05, 0.1) is 6.04 Å². The Morgan fingerprint density at radius 2 is 2.11 bits per heavy atom. The van der Waals surface area contributed by atoms with Crippen LogP contribution in [0.15, 0.2) is 18.3 Å². The van der Waals surface area contributed by atoms with E-state index in [1.807, 2.05) is 6.20 Å². The molecule has 1 aromatic heterocycles. The number of carbonyl (C=O) groups is 1. The molecule has 2 aromatic rings. The Labute approximate surface area is 113 Å². The third kappa shape index (κ3) is 2.19. The van der Waals surface area contributed by atoms with E-state index in [0.29, 0.717) is 0 Å². The first kappa shape index (κ1) is 12.4. The van der Waals surface area contributed by atoms with Crippen LogP contribution in [0.3, 0.4) is 0 Å². The van der Waals surface area contributed by atoms with Crippen molar-refractivity contribution in [1.82, 2.24) is 10.3 Å². The zero-order valence-corrected chi connectivity index (χ0v) is 11.5. The summed E-state index contributed by atoms with van der Waals surface area (Å²) in [6.07, 6.45) is 5.14. The molecular weight excluding hydrogens is 236 g/mol. The van der Waals surface area contributed by atoms with Gasteiger partial charge in [-0.2, -0.15) is 0 Å². The maximum absolute atomic E-state index is 12.6. The first-order valence-corrected chi connectivity index (χ1v) is 7.03. The zero-order chi connectivity index (χ0) is 13.4. The number of hydrogen-bond acceptors (Lipinski definition) is 2. The number of aromatic nitrogens is 1. The lowest BCUT2D eigenvalue weighted by Gasteiger charge is -2.22. The predicted molar refractivity (Wildman–Crippen MR) is 77.7 cm³/mol. The number of ketones is 1. The van der Waals surface area contributed by atoms with Crippen LogP contribution in [0.4, 0.5) is 0 Å². The molecule has 0 spiro atoms. The first-order valence-electron chi connectivity index (χ1n) is 7.03. The molecule has 3 rings (SSSR count). The van der Waals surface area contributed by atoms with E-state index in [-0.39, 0.29) is 11.8 Å². The molecular formula is C16H20N2O.